The number of imidazole rings is 1. The molecule has 1 aromatic rings. The second kappa shape index (κ2) is 4.80. The molecule has 2 nitrogen and oxygen atoms in total. The summed E-state index contributed by atoms with van der Waals surface area (Å²) in [5.74, 6) is 1.83. The first kappa shape index (κ1) is 10.8. The topological polar surface area (TPSA) is 28.7 Å². The number of hydrogen-bond donors (Lipinski definition) is 1. The monoisotopic (exact) mass is 190 g/mol. The summed E-state index contributed by atoms with van der Waals surface area (Å²) in [6.07, 6.45) is 7.77. The molecule has 1 atom stereocenters. The first-order valence-corrected chi connectivity index (χ1v) is 4.99. The average molecular weight is 190 g/mol. The van der Waals surface area contributed by atoms with E-state index in [0.717, 1.165) is 5.82 Å². The summed E-state index contributed by atoms with van der Waals surface area (Å²) >= 11 is 0. The van der Waals surface area contributed by atoms with Crippen molar-refractivity contribution in [3.63, 3.8) is 0 Å². The highest BCUT2D eigenvalue weighted by molar-refractivity contribution is 5.61. The predicted octanol–water partition coefficient (Wildman–Crippen LogP) is 3.27. The lowest BCUT2D eigenvalue weighted by Gasteiger charge is -2.10. The van der Waals surface area contributed by atoms with Crippen LogP contribution in [0.4, 0.5) is 0 Å². The van der Waals surface area contributed by atoms with Crippen LogP contribution in [0.3, 0.4) is 0 Å². The second-order valence-electron chi connectivity index (χ2n) is 3.81. The minimum atomic E-state index is 0.387. The van der Waals surface area contributed by atoms with Crippen molar-refractivity contribution in [1.29, 1.82) is 0 Å². The van der Waals surface area contributed by atoms with Gasteiger partial charge in [0.05, 0.1) is 0 Å². The van der Waals surface area contributed by atoms with E-state index in [2.05, 4.69) is 43.4 Å². The van der Waals surface area contributed by atoms with Crippen molar-refractivity contribution in [3.05, 3.63) is 36.9 Å². The number of aromatic nitrogens is 2. The Balaban J connectivity index is 2.96. The van der Waals surface area contributed by atoms with Crippen LogP contribution in [0.2, 0.25) is 0 Å². The lowest BCUT2D eigenvalue weighted by atomic mass is 9.98. The highest BCUT2D eigenvalue weighted by Crippen LogP contribution is 2.21. The lowest BCUT2D eigenvalue weighted by Crippen LogP contribution is -1.98. The Hall–Kier alpha value is -1.31. The van der Waals surface area contributed by atoms with Gasteiger partial charge in [-0.15, -0.1) is 6.58 Å². The molecular weight excluding hydrogens is 172 g/mol. The first-order valence-electron chi connectivity index (χ1n) is 4.99. The van der Waals surface area contributed by atoms with Gasteiger partial charge in [0.15, 0.2) is 0 Å². The zero-order chi connectivity index (χ0) is 10.6. The fourth-order valence-corrected chi connectivity index (χ4v) is 1.32. The lowest BCUT2D eigenvalue weighted by molar-refractivity contribution is 0.823. The maximum Gasteiger partial charge on any atom is 0.133 e. The summed E-state index contributed by atoms with van der Waals surface area (Å²) in [6.45, 7) is 10.2. The summed E-state index contributed by atoms with van der Waals surface area (Å²) in [7, 11) is 0. The van der Waals surface area contributed by atoms with Crippen molar-refractivity contribution in [1.82, 2.24) is 9.97 Å². The molecule has 1 N–H and O–H groups in total. The second-order valence-corrected chi connectivity index (χ2v) is 3.81. The van der Waals surface area contributed by atoms with Gasteiger partial charge >= 0.3 is 0 Å². The Labute approximate surface area is 85.8 Å². The standard InChI is InChI=1S/C12H18N2/c1-5-10(4)8-11(9(2)3)12-13-6-7-14-12/h5-10H,1H2,2-4H3,(H,13,14)/b11-8-. The fourth-order valence-electron chi connectivity index (χ4n) is 1.32. The third-order valence-corrected chi connectivity index (χ3v) is 2.21. The number of nitrogens with one attached hydrogen (secondary N) is 1. The average Bonchev–Trinajstić information content (AvgIpc) is 2.65. The molecule has 0 bridgehead atoms. The van der Waals surface area contributed by atoms with E-state index in [1.54, 1.807) is 6.20 Å². The molecule has 0 fully saturated rings. The van der Waals surface area contributed by atoms with E-state index in [0.29, 0.717) is 11.8 Å². The smallest absolute Gasteiger partial charge is 0.133 e. The summed E-state index contributed by atoms with van der Waals surface area (Å²) in [5, 5.41) is 0. The van der Waals surface area contributed by atoms with Crippen molar-refractivity contribution in [2.24, 2.45) is 11.8 Å². The number of nitrogens with zero attached hydrogens (tertiary/aromatic N) is 1. The SMILES string of the molecule is C=CC(C)/C=C(\c1ncc[nH]1)C(C)C. The molecular formula is C12H18N2. The van der Waals surface area contributed by atoms with Gasteiger partial charge < -0.3 is 4.98 Å². The molecule has 14 heavy (non-hydrogen) atoms. The van der Waals surface area contributed by atoms with Gasteiger partial charge in [0, 0.05) is 12.4 Å². The van der Waals surface area contributed by atoms with E-state index in [1.807, 2.05) is 12.3 Å². The van der Waals surface area contributed by atoms with E-state index in [4.69, 9.17) is 0 Å². The summed E-state index contributed by atoms with van der Waals surface area (Å²) in [6, 6.07) is 0. The van der Waals surface area contributed by atoms with Crippen LogP contribution in [0.5, 0.6) is 0 Å². The predicted molar refractivity (Wildman–Crippen MR) is 60.8 cm³/mol. The highest BCUT2D eigenvalue weighted by Gasteiger charge is 2.09. The molecule has 0 aliphatic heterocycles. The summed E-state index contributed by atoms with van der Waals surface area (Å²) in [4.78, 5) is 7.40. The number of H-pyrrole nitrogens is 1. The van der Waals surface area contributed by atoms with E-state index in [-0.39, 0.29) is 0 Å². The van der Waals surface area contributed by atoms with Crippen LogP contribution in [0, 0.1) is 11.8 Å². The Morgan fingerprint density at radius 1 is 1.50 bits per heavy atom. The van der Waals surface area contributed by atoms with Crippen molar-refractivity contribution in [3.8, 4) is 0 Å². The van der Waals surface area contributed by atoms with E-state index >= 15 is 0 Å². The van der Waals surface area contributed by atoms with E-state index in [1.165, 1.54) is 5.57 Å². The molecule has 1 heterocycles. The Morgan fingerprint density at radius 3 is 2.64 bits per heavy atom. The van der Waals surface area contributed by atoms with Crippen LogP contribution < -0.4 is 0 Å². The molecule has 0 aromatic carbocycles. The van der Waals surface area contributed by atoms with Crippen molar-refractivity contribution in [2.75, 3.05) is 0 Å². The molecule has 76 valence electrons. The number of allylic oxidation sites excluding steroid dienone is 3. The molecule has 0 aliphatic carbocycles. The van der Waals surface area contributed by atoms with Gasteiger partial charge in [0.2, 0.25) is 0 Å². The zero-order valence-electron chi connectivity index (χ0n) is 9.12. The molecule has 0 radical (unpaired) electrons. The quantitative estimate of drug-likeness (QED) is 0.725. The third-order valence-electron chi connectivity index (χ3n) is 2.21. The number of rotatable bonds is 4. The Kier molecular flexibility index (Phi) is 3.69. The molecule has 0 saturated heterocycles. The minimum absolute atomic E-state index is 0.387. The third kappa shape index (κ3) is 2.59. The normalized spacial score (nSPS) is 14.4. The molecule has 1 rings (SSSR count). The van der Waals surface area contributed by atoms with Crippen LogP contribution in [-0.4, -0.2) is 9.97 Å². The van der Waals surface area contributed by atoms with Crippen molar-refractivity contribution >= 4 is 5.57 Å². The van der Waals surface area contributed by atoms with E-state index in [9.17, 15) is 0 Å². The van der Waals surface area contributed by atoms with Gasteiger partial charge in [-0.2, -0.15) is 0 Å². The highest BCUT2D eigenvalue weighted by atomic mass is 14.9. The Morgan fingerprint density at radius 2 is 2.21 bits per heavy atom. The van der Waals surface area contributed by atoms with Gasteiger partial charge in [-0.25, -0.2) is 4.98 Å². The van der Waals surface area contributed by atoms with Gasteiger partial charge in [0.1, 0.15) is 5.82 Å². The van der Waals surface area contributed by atoms with Crippen molar-refractivity contribution < 1.29 is 0 Å². The van der Waals surface area contributed by atoms with Crippen LogP contribution in [0.1, 0.15) is 26.6 Å². The maximum absolute atomic E-state index is 4.27. The van der Waals surface area contributed by atoms with Gasteiger partial charge in [-0.05, 0) is 17.4 Å². The Bertz CT molecular complexity index is 307. The molecule has 2 heteroatoms. The summed E-state index contributed by atoms with van der Waals surface area (Å²) < 4.78 is 0. The van der Waals surface area contributed by atoms with Crippen LogP contribution in [0.15, 0.2) is 31.1 Å². The largest absolute Gasteiger partial charge is 0.345 e. The van der Waals surface area contributed by atoms with Gasteiger partial charge in [-0.3, -0.25) is 0 Å². The number of hydrogen-bond acceptors (Lipinski definition) is 1. The zero-order valence-corrected chi connectivity index (χ0v) is 9.12. The van der Waals surface area contributed by atoms with Gasteiger partial charge in [0.25, 0.3) is 0 Å². The molecule has 1 unspecified atom stereocenters. The fraction of sp³-hybridized carbons (Fsp3) is 0.417. The van der Waals surface area contributed by atoms with Gasteiger partial charge in [-0.1, -0.05) is 32.9 Å². The molecule has 0 amide bonds. The molecule has 0 aliphatic rings. The number of aromatic amines is 1. The van der Waals surface area contributed by atoms with E-state index < -0.39 is 0 Å². The minimum Gasteiger partial charge on any atom is -0.345 e. The maximum atomic E-state index is 4.27. The molecule has 1 aromatic heterocycles. The molecule has 0 spiro atoms. The van der Waals surface area contributed by atoms with Crippen molar-refractivity contribution in [2.45, 2.75) is 20.8 Å². The van der Waals surface area contributed by atoms with Crippen LogP contribution in [0.25, 0.3) is 5.57 Å². The summed E-state index contributed by atoms with van der Waals surface area (Å²) in [5.41, 5.74) is 1.25. The van der Waals surface area contributed by atoms with Crippen LogP contribution in [-0.2, 0) is 0 Å². The first-order chi connectivity index (χ1) is 6.65. The van der Waals surface area contributed by atoms with Crippen LogP contribution >= 0.6 is 0 Å². The molecule has 0 saturated carbocycles.